The van der Waals surface area contributed by atoms with Crippen molar-refractivity contribution in [3.63, 3.8) is 0 Å². The second-order valence-electron chi connectivity index (χ2n) is 4.74. The van der Waals surface area contributed by atoms with Gasteiger partial charge in [0.1, 0.15) is 18.2 Å². The van der Waals surface area contributed by atoms with Crippen LogP contribution in [0.5, 0.6) is 5.75 Å². The van der Waals surface area contributed by atoms with Crippen LogP contribution in [-0.2, 0) is 19.6 Å². The van der Waals surface area contributed by atoms with Crippen LogP contribution in [-0.4, -0.2) is 16.3 Å². The maximum absolute atomic E-state index is 13.3. The summed E-state index contributed by atoms with van der Waals surface area (Å²) in [6.45, 7) is 5.57. The van der Waals surface area contributed by atoms with Crippen LogP contribution in [0, 0.1) is 12.7 Å². The molecule has 4 nitrogen and oxygen atoms in total. The molecule has 1 aromatic heterocycles. The van der Waals surface area contributed by atoms with Crippen LogP contribution < -0.4 is 10.5 Å². The Morgan fingerprint density at radius 1 is 1.43 bits per heavy atom. The van der Waals surface area contributed by atoms with Crippen molar-refractivity contribution in [2.45, 2.75) is 33.4 Å². The molecule has 0 saturated carbocycles. The fraction of sp³-hybridized carbons (Fsp3) is 0.400. The zero-order valence-corrected chi connectivity index (χ0v) is 13.8. The van der Waals surface area contributed by atoms with Gasteiger partial charge in [-0.1, -0.05) is 0 Å². The minimum absolute atomic E-state index is 0.276. The summed E-state index contributed by atoms with van der Waals surface area (Å²) in [5.74, 6) is 0.386. The number of rotatable bonds is 6. The van der Waals surface area contributed by atoms with Gasteiger partial charge in [0.2, 0.25) is 0 Å². The van der Waals surface area contributed by atoms with Gasteiger partial charge in [0.05, 0.1) is 15.9 Å². The molecule has 0 unspecified atom stereocenters. The van der Waals surface area contributed by atoms with E-state index in [4.69, 9.17) is 10.5 Å². The van der Waals surface area contributed by atoms with E-state index in [0.717, 1.165) is 28.0 Å². The monoisotopic (exact) mass is 355 g/mol. The lowest BCUT2D eigenvalue weighted by molar-refractivity contribution is 0.288. The van der Waals surface area contributed by atoms with Crippen molar-refractivity contribution in [2.24, 2.45) is 5.73 Å². The van der Waals surface area contributed by atoms with Crippen LogP contribution in [0.25, 0.3) is 0 Å². The van der Waals surface area contributed by atoms with Gasteiger partial charge in [-0.05, 0) is 66.5 Å². The van der Waals surface area contributed by atoms with Gasteiger partial charge < -0.3 is 10.5 Å². The van der Waals surface area contributed by atoms with E-state index in [2.05, 4.69) is 21.0 Å². The zero-order valence-electron chi connectivity index (χ0n) is 12.2. The molecule has 2 rings (SSSR count). The van der Waals surface area contributed by atoms with Crippen LogP contribution in [0.1, 0.15) is 23.9 Å². The second kappa shape index (κ2) is 7.04. The van der Waals surface area contributed by atoms with Crippen molar-refractivity contribution >= 4 is 15.9 Å². The van der Waals surface area contributed by atoms with Gasteiger partial charge >= 0.3 is 0 Å². The summed E-state index contributed by atoms with van der Waals surface area (Å²) in [5, 5.41) is 4.42. The molecule has 0 amide bonds. The Kier molecular flexibility index (Phi) is 5.36. The van der Waals surface area contributed by atoms with E-state index in [1.165, 1.54) is 12.1 Å². The van der Waals surface area contributed by atoms with Gasteiger partial charge in [-0.2, -0.15) is 5.10 Å². The highest BCUT2D eigenvalue weighted by atomic mass is 79.9. The molecule has 1 aromatic carbocycles. The number of halogens is 2. The summed E-state index contributed by atoms with van der Waals surface area (Å²) in [6, 6.07) is 4.51. The maximum Gasteiger partial charge on any atom is 0.131 e. The third-order valence-corrected chi connectivity index (χ3v) is 4.28. The van der Waals surface area contributed by atoms with Crippen molar-refractivity contribution in [3.05, 3.63) is 45.4 Å². The van der Waals surface area contributed by atoms with Crippen LogP contribution in [0.3, 0.4) is 0 Å². The summed E-state index contributed by atoms with van der Waals surface area (Å²) in [5.41, 5.74) is 8.24. The molecule has 2 N–H and O–H groups in total. The number of hydrogen-bond donors (Lipinski definition) is 1. The maximum atomic E-state index is 13.3. The normalized spacial score (nSPS) is 10.9. The Balaban J connectivity index is 2.20. The molecule has 0 spiro atoms. The van der Waals surface area contributed by atoms with Gasteiger partial charge in [-0.3, -0.25) is 4.68 Å². The Bertz CT molecular complexity index is 628. The summed E-state index contributed by atoms with van der Waals surface area (Å²) in [7, 11) is 0. The standard InChI is InChI=1S/C15H19BrFN3O/c1-3-20-13(15(16)10(2)19-20)9-21-14-5-4-12(17)8-11(14)6-7-18/h4-5,8H,3,6-7,9,18H2,1-2H3. The van der Waals surface area contributed by atoms with Crippen molar-refractivity contribution in [2.75, 3.05) is 6.54 Å². The molecule has 2 aromatic rings. The Labute approximate surface area is 132 Å². The first-order valence-electron chi connectivity index (χ1n) is 6.89. The number of nitrogens with two attached hydrogens (primary N) is 1. The lowest BCUT2D eigenvalue weighted by Crippen LogP contribution is -2.09. The lowest BCUT2D eigenvalue weighted by atomic mass is 10.1. The van der Waals surface area contributed by atoms with E-state index in [1.54, 1.807) is 6.07 Å². The van der Waals surface area contributed by atoms with Crippen LogP contribution in [0.15, 0.2) is 22.7 Å². The molecule has 114 valence electrons. The molecule has 0 aliphatic rings. The van der Waals surface area contributed by atoms with E-state index in [-0.39, 0.29) is 5.82 Å². The Hall–Kier alpha value is -1.40. The summed E-state index contributed by atoms with van der Waals surface area (Å²) in [4.78, 5) is 0. The molecule has 0 atom stereocenters. The lowest BCUT2D eigenvalue weighted by Gasteiger charge is -2.12. The third-order valence-electron chi connectivity index (χ3n) is 3.25. The van der Waals surface area contributed by atoms with Crippen molar-refractivity contribution in [1.29, 1.82) is 0 Å². The fourth-order valence-electron chi connectivity index (χ4n) is 2.19. The molecular weight excluding hydrogens is 337 g/mol. The minimum atomic E-state index is -0.276. The van der Waals surface area contributed by atoms with E-state index < -0.39 is 0 Å². The molecule has 1 heterocycles. The fourth-order valence-corrected chi connectivity index (χ4v) is 2.59. The highest BCUT2D eigenvalue weighted by Crippen LogP contribution is 2.25. The van der Waals surface area contributed by atoms with E-state index in [1.807, 2.05) is 18.5 Å². The molecule has 0 fully saturated rings. The molecule has 0 radical (unpaired) electrons. The summed E-state index contributed by atoms with van der Waals surface area (Å²) in [6.07, 6.45) is 0.584. The summed E-state index contributed by atoms with van der Waals surface area (Å²) < 4.78 is 22.0. The van der Waals surface area contributed by atoms with Crippen LogP contribution in [0.4, 0.5) is 4.39 Å². The van der Waals surface area contributed by atoms with Gasteiger partial charge in [0, 0.05) is 6.54 Å². The second-order valence-corrected chi connectivity index (χ2v) is 5.53. The Morgan fingerprint density at radius 2 is 2.19 bits per heavy atom. The van der Waals surface area contributed by atoms with Gasteiger partial charge in [0.15, 0.2) is 0 Å². The number of nitrogens with zero attached hydrogens (tertiary/aromatic N) is 2. The first-order valence-corrected chi connectivity index (χ1v) is 7.69. The highest BCUT2D eigenvalue weighted by molar-refractivity contribution is 9.10. The molecule has 0 saturated heterocycles. The van der Waals surface area contributed by atoms with Crippen molar-refractivity contribution in [1.82, 2.24) is 9.78 Å². The van der Waals surface area contributed by atoms with Crippen LogP contribution >= 0.6 is 15.9 Å². The molecule has 0 aliphatic carbocycles. The first kappa shape index (κ1) is 16.0. The molecule has 0 bridgehead atoms. The van der Waals surface area contributed by atoms with Crippen LogP contribution in [0.2, 0.25) is 0 Å². The number of hydrogen-bond acceptors (Lipinski definition) is 3. The van der Waals surface area contributed by atoms with Gasteiger partial charge in [-0.15, -0.1) is 0 Å². The van der Waals surface area contributed by atoms with E-state index >= 15 is 0 Å². The number of aromatic nitrogens is 2. The minimum Gasteiger partial charge on any atom is -0.487 e. The first-order chi connectivity index (χ1) is 10.1. The predicted octanol–water partition coefficient (Wildman–Crippen LogP) is 3.19. The number of aryl methyl sites for hydroxylation is 2. The average molecular weight is 356 g/mol. The zero-order chi connectivity index (χ0) is 15.4. The topological polar surface area (TPSA) is 53.1 Å². The highest BCUT2D eigenvalue weighted by Gasteiger charge is 2.13. The van der Waals surface area contributed by atoms with E-state index in [0.29, 0.717) is 25.3 Å². The molecule has 21 heavy (non-hydrogen) atoms. The number of benzene rings is 1. The summed E-state index contributed by atoms with van der Waals surface area (Å²) >= 11 is 3.53. The smallest absolute Gasteiger partial charge is 0.131 e. The van der Waals surface area contributed by atoms with Gasteiger partial charge in [0.25, 0.3) is 0 Å². The molecule has 6 heteroatoms. The SMILES string of the molecule is CCn1nc(C)c(Br)c1COc1ccc(F)cc1CCN. The van der Waals surface area contributed by atoms with Crippen molar-refractivity contribution < 1.29 is 9.13 Å². The molecule has 0 aliphatic heterocycles. The third kappa shape index (κ3) is 3.63. The van der Waals surface area contributed by atoms with Gasteiger partial charge in [-0.25, -0.2) is 4.39 Å². The Morgan fingerprint density at radius 3 is 2.86 bits per heavy atom. The predicted molar refractivity (Wildman–Crippen MR) is 83.8 cm³/mol. The van der Waals surface area contributed by atoms with E-state index in [9.17, 15) is 4.39 Å². The number of ether oxygens (including phenoxy) is 1. The molecular formula is C15H19BrFN3O. The van der Waals surface area contributed by atoms with Crippen molar-refractivity contribution in [3.8, 4) is 5.75 Å². The largest absolute Gasteiger partial charge is 0.487 e. The quantitative estimate of drug-likeness (QED) is 0.865. The average Bonchev–Trinajstić information content (AvgIpc) is 2.74.